The van der Waals surface area contributed by atoms with Gasteiger partial charge in [-0.15, -0.1) is 0 Å². The summed E-state index contributed by atoms with van der Waals surface area (Å²) in [5.74, 6) is -0.0121. The minimum absolute atomic E-state index is 0.0215. The molecule has 3 N–H and O–H groups in total. The second-order valence-electron chi connectivity index (χ2n) is 5.85. The first-order chi connectivity index (χ1) is 10.0. The van der Waals surface area contributed by atoms with E-state index in [1.807, 2.05) is 44.3 Å². The number of carbonyl (C=O) groups excluding carboxylic acids is 2. The van der Waals surface area contributed by atoms with Gasteiger partial charge in [-0.25, -0.2) is 0 Å². The summed E-state index contributed by atoms with van der Waals surface area (Å²) in [6.45, 7) is 2.60. The summed E-state index contributed by atoms with van der Waals surface area (Å²) in [7, 11) is 1.86. The fourth-order valence-electron chi connectivity index (χ4n) is 2.23. The minimum Gasteiger partial charge on any atom is -0.348 e. The molecule has 1 aliphatic carbocycles. The Kier molecular flexibility index (Phi) is 5.33. The van der Waals surface area contributed by atoms with Crippen molar-refractivity contribution in [3.8, 4) is 0 Å². The van der Waals surface area contributed by atoms with E-state index in [4.69, 9.17) is 0 Å². The van der Waals surface area contributed by atoms with Crippen LogP contribution in [0.4, 0.5) is 0 Å². The van der Waals surface area contributed by atoms with Crippen molar-refractivity contribution in [1.82, 2.24) is 10.6 Å². The van der Waals surface area contributed by atoms with Gasteiger partial charge in [-0.1, -0.05) is 30.3 Å². The first-order valence-electron chi connectivity index (χ1n) is 7.49. The minimum atomic E-state index is -0.0388. The molecule has 114 valence electrons. The number of amides is 2. The topological polar surface area (TPSA) is 62.6 Å². The number of hydrogen-bond acceptors (Lipinski definition) is 2. The van der Waals surface area contributed by atoms with Crippen LogP contribution >= 0.6 is 0 Å². The van der Waals surface area contributed by atoms with Crippen molar-refractivity contribution in [2.24, 2.45) is 0 Å². The van der Waals surface area contributed by atoms with Crippen LogP contribution in [0.25, 0.3) is 0 Å². The van der Waals surface area contributed by atoms with E-state index in [1.54, 1.807) is 0 Å². The Labute approximate surface area is 125 Å². The number of hydrogen-bond donors (Lipinski definition) is 3. The summed E-state index contributed by atoms with van der Waals surface area (Å²) in [5.41, 5.74) is 1.08. The molecule has 1 aromatic carbocycles. The summed E-state index contributed by atoms with van der Waals surface area (Å²) in [4.78, 5) is 24.5. The van der Waals surface area contributed by atoms with Crippen molar-refractivity contribution in [2.75, 3.05) is 20.1 Å². The number of rotatable bonds is 7. The largest absolute Gasteiger partial charge is 0.348 e. The molecule has 1 unspecified atom stereocenters. The van der Waals surface area contributed by atoms with Gasteiger partial charge in [0.1, 0.15) is 0 Å². The Balaban J connectivity index is 1.71. The van der Waals surface area contributed by atoms with Gasteiger partial charge in [0.05, 0.1) is 13.1 Å². The fraction of sp³-hybridized carbons (Fsp3) is 0.500. The van der Waals surface area contributed by atoms with E-state index in [9.17, 15) is 9.59 Å². The SMILES string of the molecule is C[C@@H](NC(=O)C[NH+](C)CC(=O)NC1CC1)c1ccccc1. The van der Waals surface area contributed by atoms with Crippen molar-refractivity contribution in [3.63, 3.8) is 0 Å². The summed E-state index contributed by atoms with van der Waals surface area (Å²) >= 11 is 0. The van der Waals surface area contributed by atoms with Gasteiger partial charge in [0.25, 0.3) is 11.8 Å². The number of nitrogens with one attached hydrogen (secondary N) is 3. The van der Waals surface area contributed by atoms with E-state index < -0.39 is 0 Å². The van der Waals surface area contributed by atoms with Crippen LogP contribution in [-0.2, 0) is 9.59 Å². The predicted octanol–water partition coefficient (Wildman–Crippen LogP) is -0.343. The Morgan fingerprint density at radius 3 is 2.43 bits per heavy atom. The fourth-order valence-corrected chi connectivity index (χ4v) is 2.23. The highest BCUT2D eigenvalue weighted by atomic mass is 16.2. The van der Waals surface area contributed by atoms with Crippen molar-refractivity contribution in [2.45, 2.75) is 31.8 Å². The van der Waals surface area contributed by atoms with E-state index >= 15 is 0 Å². The molecule has 0 spiro atoms. The molecule has 2 amide bonds. The first kappa shape index (κ1) is 15.5. The van der Waals surface area contributed by atoms with Crippen LogP contribution in [0.1, 0.15) is 31.4 Å². The molecule has 2 rings (SSSR count). The summed E-state index contributed by atoms with van der Waals surface area (Å²) in [5, 5.41) is 5.90. The third-order valence-electron chi connectivity index (χ3n) is 3.54. The highest BCUT2D eigenvalue weighted by molar-refractivity contribution is 5.79. The van der Waals surface area contributed by atoms with Crippen LogP contribution in [0.15, 0.2) is 30.3 Å². The molecule has 0 aliphatic heterocycles. The van der Waals surface area contributed by atoms with Crippen LogP contribution in [0.5, 0.6) is 0 Å². The smallest absolute Gasteiger partial charge is 0.275 e. The maximum absolute atomic E-state index is 12.0. The molecule has 0 radical (unpaired) electrons. The zero-order valence-corrected chi connectivity index (χ0v) is 12.7. The summed E-state index contributed by atoms with van der Waals surface area (Å²) in [6, 6.07) is 10.2. The standard InChI is InChI=1S/C16H23N3O2/c1-12(13-6-4-3-5-7-13)17-15(20)10-19(2)11-16(21)18-14-8-9-14/h3-7,12,14H,8-11H2,1-2H3,(H,17,20)(H,18,21)/p+1/t12-/m1/s1. The van der Waals surface area contributed by atoms with Crippen molar-refractivity contribution < 1.29 is 14.5 Å². The average molecular weight is 290 g/mol. The monoisotopic (exact) mass is 290 g/mol. The highest BCUT2D eigenvalue weighted by Crippen LogP contribution is 2.17. The lowest BCUT2D eigenvalue weighted by Crippen LogP contribution is -3.11. The number of benzene rings is 1. The summed E-state index contributed by atoms with van der Waals surface area (Å²) < 4.78 is 0. The highest BCUT2D eigenvalue weighted by Gasteiger charge is 2.25. The first-order valence-corrected chi connectivity index (χ1v) is 7.49. The van der Waals surface area contributed by atoms with Gasteiger partial charge >= 0.3 is 0 Å². The summed E-state index contributed by atoms with van der Waals surface area (Å²) in [6.07, 6.45) is 2.17. The molecule has 2 atom stereocenters. The second-order valence-corrected chi connectivity index (χ2v) is 5.85. The van der Waals surface area contributed by atoms with Gasteiger partial charge in [-0.05, 0) is 25.3 Å². The van der Waals surface area contributed by atoms with Crippen LogP contribution < -0.4 is 15.5 Å². The van der Waals surface area contributed by atoms with Crippen molar-refractivity contribution in [1.29, 1.82) is 0 Å². The molecule has 0 aromatic heterocycles. The van der Waals surface area contributed by atoms with Crippen molar-refractivity contribution >= 4 is 11.8 Å². The van der Waals surface area contributed by atoms with Crippen LogP contribution in [0.2, 0.25) is 0 Å². The maximum atomic E-state index is 12.0. The van der Waals surface area contributed by atoms with E-state index in [-0.39, 0.29) is 17.9 Å². The number of quaternary nitrogens is 1. The van der Waals surface area contributed by atoms with E-state index in [2.05, 4.69) is 10.6 Å². The van der Waals surface area contributed by atoms with Gasteiger partial charge in [0.15, 0.2) is 13.1 Å². The van der Waals surface area contributed by atoms with Crippen molar-refractivity contribution in [3.05, 3.63) is 35.9 Å². The van der Waals surface area contributed by atoms with E-state index in [0.29, 0.717) is 19.1 Å². The zero-order valence-electron chi connectivity index (χ0n) is 12.7. The molecule has 1 aliphatic rings. The number of likely N-dealkylation sites (N-methyl/N-ethyl adjacent to an activating group) is 1. The van der Waals surface area contributed by atoms with Gasteiger partial charge in [0, 0.05) is 6.04 Å². The lowest BCUT2D eigenvalue weighted by atomic mass is 10.1. The van der Waals surface area contributed by atoms with Gasteiger partial charge < -0.3 is 15.5 Å². The predicted molar refractivity (Wildman–Crippen MR) is 80.8 cm³/mol. The molecule has 1 aromatic rings. The molecule has 0 heterocycles. The van der Waals surface area contributed by atoms with Gasteiger partial charge in [-0.3, -0.25) is 9.59 Å². The molecular weight excluding hydrogens is 266 g/mol. The molecule has 21 heavy (non-hydrogen) atoms. The Morgan fingerprint density at radius 1 is 1.19 bits per heavy atom. The zero-order chi connectivity index (χ0) is 15.2. The molecule has 1 fully saturated rings. The normalized spacial score (nSPS) is 16.9. The lowest BCUT2D eigenvalue weighted by molar-refractivity contribution is -0.862. The second kappa shape index (κ2) is 7.22. The molecule has 0 saturated heterocycles. The molecular formula is C16H24N3O2+. The molecule has 5 nitrogen and oxygen atoms in total. The third kappa shape index (κ3) is 5.55. The quantitative estimate of drug-likeness (QED) is 0.643. The Bertz CT molecular complexity index is 486. The van der Waals surface area contributed by atoms with E-state index in [0.717, 1.165) is 23.3 Å². The average Bonchev–Trinajstić information content (AvgIpc) is 3.22. The third-order valence-corrected chi connectivity index (χ3v) is 3.54. The lowest BCUT2D eigenvalue weighted by Gasteiger charge is -2.17. The van der Waals surface area contributed by atoms with Crippen LogP contribution in [-0.4, -0.2) is 38.0 Å². The Hall–Kier alpha value is -1.88. The van der Waals surface area contributed by atoms with Gasteiger partial charge in [0.2, 0.25) is 0 Å². The molecule has 0 bridgehead atoms. The van der Waals surface area contributed by atoms with E-state index in [1.165, 1.54) is 0 Å². The van der Waals surface area contributed by atoms with Crippen LogP contribution in [0, 0.1) is 0 Å². The maximum Gasteiger partial charge on any atom is 0.275 e. The Morgan fingerprint density at radius 2 is 1.81 bits per heavy atom. The molecule has 5 heteroatoms. The van der Waals surface area contributed by atoms with Crippen LogP contribution in [0.3, 0.4) is 0 Å². The number of carbonyl (C=O) groups is 2. The molecule has 1 saturated carbocycles. The van der Waals surface area contributed by atoms with Gasteiger partial charge in [-0.2, -0.15) is 0 Å².